The maximum absolute atomic E-state index is 5.48. The quantitative estimate of drug-likeness (QED) is 0.628. The number of hydrogen-bond donors (Lipinski definition) is 2. The fraction of sp³-hybridized carbons (Fsp3) is 1.00. The van der Waals surface area contributed by atoms with Crippen molar-refractivity contribution < 1.29 is 4.74 Å². The molecule has 0 atom stereocenters. The Kier molecular flexibility index (Phi) is 6.98. The van der Waals surface area contributed by atoms with Gasteiger partial charge in [-0.1, -0.05) is 0 Å². The number of piperidine rings is 1. The summed E-state index contributed by atoms with van der Waals surface area (Å²) < 4.78 is 5.48. The third kappa shape index (κ3) is 6.88. The molecule has 0 spiro atoms. The SMILES string of the molecule is CC(C)OCCCNCC1CCNCC1. The Morgan fingerprint density at radius 3 is 2.73 bits per heavy atom. The lowest BCUT2D eigenvalue weighted by Crippen LogP contribution is -2.34. The van der Waals surface area contributed by atoms with Crippen LogP contribution in [-0.4, -0.2) is 38.9 Å². The number of hydrogen-bond acceptors (Lipinski definition) is 3. The number of ether oxygens (including phenoxy) is 1. The molecule has 0 aromatic rings. The summed E-state index contributed by atoms with van der Waals surface area (Å²) >= 11 is 0. The summed E-state index contributed by atoms with van der Waals surface area (Å²) in [5.74, 6) is 0.886. The van der Waals surface area contributed by atoms with E-state index in [0.717, 1.165) is 25.5 Å². The maximum Gasteiger partial charge on any atom is 0.0518 e. The van der Waals surface area contributed by atoms with Crippen LogP contribution in [0.1, 0.15) is 33.1 Å². The monoisotopic (exact) mass is 214 g/mol. The fourth-order valence-electron chi connectivity index (χ4n) is 1.91. The van der Waals surface area contributed by atoms with Crippen LogP contribution in [0.4, 0.5) is 0 Å². The van der Waals surface area contributed by atoms with E-state index < -0.39 is 0 Å². The lowest BCUT2D eigenvalue weighted by molar-refractivity contribution is 0.0769. The van der Waals surface area contributed by atoms with E-state index in [-0.39, 0.29) is 0 Å². The summed E-state index contributed by atoms with van der Waals surface area (Å²) in [6, 6.07) is 0. The minimum Gasteiger partial charge on any atom is -0.379 e. The van der Waals surface area contributed by atoms with Crippen molar-refractivity contribution in [1.29, 1.82) is 0 Å². The smallest absolute Gasteiger partial charge is 0.0518 e. The molecule has 0 saturated carbocycles. The van der Waals surface area contributed by atoms with Crippen molar-refractivity contribution in [3.8, 4) is 0 Å². The Morgan fingerprint density at radius 2 is 2.07 bits per heavy atom. The fourth-order valence-corrected chi connectivity index (χ4v) is 1.91. The Balaban J connectivity index is 1.83. The molecule has 90 valence electrons. The molecule has 1 saturated heterocycles. The standard InChI is InChI=1S/C12H26N2O/c1-11(2)15-9-3-6-14-10-12-4-7-13-8-5-12/h11-14H,3-10H2,1-2H3. The molecule has 2 N–H and O–H groups in total. The molecule has 0 aromatic carbocycles. The van der Waals surface area contributed by atoms with Crippen LogP contribution in [0.15, 0.2) is 0 Å². The lowest BCUT2D eigenvalue weighted by atomic mass is 9.98. The number of nitrogens with one attached hydrogen (secondary N) is 2. The molecule has 0 unspecified atom stereocenters. The third-order valence-electron chi connectivity index (χ3n) is 2.84. The molecule has 15 heavy (non-hydrogen) atoms. The molecule has 0 aromatic heterocycles. The van der Waals surface area contributed by atoms with E-state index in [9.17, 15) is 0 Å². The average molecular weight is 214 g/mol. The molecule has 0 bridgehead atoms. The highest BCUT2D eigenvalue weighted by Gasteiger charge is 2.11. The zero-order valence-corrected chi connectivity index (χ0v) is 10.2. The van der Waals surface area contributed by atoms with E-state index in [1.54, 1.807) is 0 Å². The van der Waals surface area contributed by atoms with Gasteiger partial charge in [-0.05, 0) is 65.2 Å². The molecule has 0 radical (unpaired) electrons. The first-order valence-corrected chi connectivity index (χ1v) is 6.32. The van der Waals surface area contributed by atoms with Gasteiger partial charge in [0.05, 0.1) is 6.10 Å². The first-order valence-electron chi connectivity index (χ1n) is 6.32. The molecule has 1 fully saturated rings. The van der Waals surface area contributed by atoms with Crippen LogP contribution < -0.4 is 10.6 Å². The molecular weight excluding hydrogens is 188 g/mol. The average Bonchev–Trinajstić information content (AvgIpc) is 2.24. The highest BCUT2D eigenvalue weighted by atomic mass is 16.5. The van der Waals surface area contributed by atoms with Gasteiger partial charge in [0.2, 0.25) is 0 Å². The van der Waals surface area contributed by atoms with Crippen molar-refractivity contribution in [3.63, 3.8) is 0 Å². The first-order chi connectivity index (χ1) is 7.29. The molecule has 3 heteroatoms. The molecule has 1 heterocycles. The van der Waals surface area contributed by atoms with Crippen LogP contribution in [0.3, 0.4) is 0 Å². The normalized spacial score (nSPS) is 18.6. The molecule has 1 rings (SSSR count). The van der Waals surface area contributed by atoms with Gasteiger partial charge in [-0.2, -0.15) is 0 Å². The molecule has 1 aliphatic heterocycles. The van der Waals surface area contributed by atoms with Crippen molar-refractivity contribution in [2.45, 2.75) is 39.2 Å². The summed E-state index contributed by atoms with van der Waals surface area (Å²) in [7, 11) is 0. The predicted octanol–water partition coefficient (Wildman–Crippen LogP) is 1.39. The second-order valence-corrected chi connectivity index (χ2v) is 4.67. The Bertz CT molecular complexity index is 145. The molecule has 0 aliphatic carbocycles. The van der Waals surface area contributed by atoms with Crippen molar-refractivity contribution >= 4 is 0 Å². The highest BCUT2D eigenvalue weighted by Crippen LogP contribution is 2.09. The summed E-state index contributed by atoms with van der Waals surface area (Å²) in [5, 5.41) is 6.91. The summed E-state index contributed by atoms with van der Waals surface area (Å²) in [4.78, 5) is 0. The van der Waals surface area contributed by atoms with Crippen LogP contribution >= 0.6 is 0 Å². The zero-order chi connectivity index (χ0) is 10.9. The van der Waals surface area contributed by atoms with Crippen LogP contribution in [0.5, 0.6) is 0 Å². The van der Waals surface area contributed by atoms with Gasteiger partial charge < -0.3 is 15.4 Å². The van der Waals surface area contributed by atoms with Gasteiger partial charge in [0.25, 0.3) is 0 Å². The second-order valence-electron chi connectivity index (χ2n) is 4.67. The van der Waals surface area contributed by atoms with Crippen LogP contribution in [-0.2, 0) is 4.74 Å². The van der Waals surface area contributed by atoms with E-state index in [1.165, 1.54) is 32.5 Å². The first kappa shape index (κ1) is 12.9. The van der Waals surface area contributed by atoms with Crippen molar-refractivity contribution in [2.75, 3.05) is 32.8 Å². The minimum atomic E-state index is 0.370. The van der Waals surface area contributed by atoms with Gasteiger partial charge >= 0.3 is 0 Å². The lowest BCUT2D eigenvalue weighted by Gasteiger charge is -2.22. The van der Waals surface area contributed by atoms with E-state index in [0.29, 0.717) is 6.10 Å². The van der Waals surface area contributed by atoms with Gasteiger partial charge in [-0.3, -0.25) is 0 Å². The maximum atomic E-state index is 5.48. The summed E-state index contributed by atoms with van der Waals surface area (Å²) in [6.07, 6.45) is 4.16. The molecular formula is C12H26N2O. The van der Waals surface area contributed by atoms with Gasteiger partial charge in [0.15, 0.2) is 0 Å². The predicted molar refractivity (Wildman–Crippen MR) is 64.2 cm³/mol. The van der Waals surface area contributed by atoms with Gasteiger partial charge in [-0.25, -0.2) is 0 Å². The van der Waals surface area contributed by atoms with Gasteiger partial charge in [0, 0.05) is 6.61 Å². The second kappa shape index (κ2) is 8.08. The minimum absolute atomic E-state index is 0.370. The van der Waals surface area contributed by atoms with Crippen molar-refractivity contribution in [1.82, 2.24) is 10.6 Å². The van der Waals surface area contributed by atoms with E-state index >= 15 is 0 Å². The molecule has 3 nitrogen and oxygen atoms in total. The zero-order valence-electron chi connectivity index (χ0n) is 10.2. The molecule has 1 aliphatic rings. The largest absolute Gasteiger partial charge is 0.379 e. The summed E-state index contributed by atoms with van der Waals surface area (Å²) in [5.41, 5.74) is 0. The van der Waals surface area contributed by atoms with Crippen LogP contribution in [0.2, 0.25) is 0 Å². The molecule has 0 amide bonds. The van der Waals surface area contributed by atoms with Crippen molar-refractivity contribution in [2.24, 2.45) is 5.92 Å². The van der Waals surface area contributed by atoms with E-state index in [1.807, 2.05) is 0 Å². The topological polar surface area (TPSA) is 33.3 Å². The van der Waals surface area contributed by atoms with Crippen molar-refractivity contribution in [3.05, 3.63) is 0 Å². The Hall–Kier alpha value is -0.120. The van der Waals surface area contributed by atoms with E-state index in [4.69, 9.17) is 4.74 Å². The summed E-state index contributed by atoms with van der Waals surface area (Å²) in [6.45, 7) is 9.73. The van der Waals surface area contributed by atoms with Crippen LogP contribution in [0.25, 0.3) is 0 Å². The van der Waals surface area contributed by atoms with Gasteiger partial charge in [-0.15, -0.1) is 0 Å². The Morgan fingerprint density at radius 1 is 1.33 bits per heavy atom. The van der Waals surface area contributed by atoms with Crippen LogP contribution in [0, 0.1) is 5.92 Å². The third-order valence-corrected chi connectivity index (χ3v) is 2.84. The van der Waals surface area contributed by atoms with Gasteiger partial charge in [0.1, 0.15) is 0 Å². The highest BCUT2D eigenvalue weighted by molar-refractivity contribution is 4.70. The number of rotatable bonds is 7. The Labute approximate surface area is 94.0 Å². The van der Waals surface area contributed by atoms with E-state index in [2.05, 4.69) is 24.5 Å².